The summed E-state index contributed by atoms with van der Waals surface area (Å²) in [5.41, 5.74) is 5.43. The van der Waals surface area contributed by atoms with Crippen LogP contribution >= 0.6 is 12.2 Å². The van der Waals surface area contributed by atoms with Gasteiger partial charge in [-0.3, -0.25) is 9.89 Å². The lowest BCUT2D eigenvalue weighted by Gasteiger charge is -2.12. The van der Waals surface area contributed by atoms with Crippen molar-refractivity contribution in [2.24, 2.45) is 11.7 Å². The Kier molecular flexibility index (Phi) is 4.17. The van der Waals surface area contributed by atoms with Crippen LogP contribution in [0, 0.1) is 5.92 Å². The molecule has 6 nitrogen and oxygen atoms in total. The minimum atomic E-state index is -0.414. The molecule has 0 spiro atoms. The Balaban J connectivity index is 2.44. The molecule has 0 bridgehead atoms. The van der Waals surface area contributed by atoms with E-state index < -0.39 is 5.92 Å². The first-order valence-corrected chi connectivity index (χ1v) is 4.97. The molecule has 1 aromatic rings. The molecule has 0 saturated carbocycles. The maximum absolute atomic E-state index is 11.6. The number of amides is 1. The molecule has 82 valence electrons. The van der Waals surface area contributed by atoms with Crippen LogP contribution in [0.5, 0.6) is 0 Å². The van der Waals surface area contributed by atoms with E-state index in [1.54, 1.807) is 0 Å². The number of aromatic nitrogens is 3. The summed E-state index contributed by atoms with van der Waals surface area (Å²) in [4.78, 5) is 15.7. The molecule has 0 aliphatic heterocycles. The lowest BCUT2D eigenvalue weighted by molar-refractivity contribution is -0.123. The van der Waals surface area contributed by atoms with Crippen LogP contribution < -0.4 is 11.1 Å². The van der Waals surface area contributed by atoms with E-state index >= 15 is 0 Å². The summed E-state index contributed by atoms with van der Waals surface area (Å²) in [6.07, 6.45) is 1.98. The van der Waals surface area contributed by atoms with Crippen LogP contribution in [0.25, 0.3) is 0 Å². The van der Waals surface area contributed by atoms with Crippen LogP contribution in [0.3, 0.4) is 0 Å². The van der Waals surface area contributed by atoms with Gasteiger partial charge in [-0.2, -0.15) is 5.10 Å². The van der Waals surface area contributed by atoms with Gasteiger partial charge in [-0.05, 0) is 6.42 Å². The number of aromatic amines is 1. The van der Waals surface area contributed by atoms with Crippen LogP contribution in [0.1, 0.15) is 19.2 Å². The highest BCUT2D eigenvalue weighted by Gasteiger charge is 2.18. The highest BCUT2D eigenvalue weighted by Crippen LogP contribution is 2.03. The van der Waals surface area contributed by atoms with Crippen molar-refractivity contribution in [1.82, 2.24) is 20.5 Å². The van der Waals surface area contributed by atoms with Crippen molar-refractivity contribution in [3.8, 4) is 0 Å². The SMILES string of the molecule is CCC(C(=O)NCc1ncn[nH]1)C(N)=S. The highest BCUT2D eigenvalue weighted by atomic mass is 32.1. The summed E-state index contributed by atoms with van der Waals surface area (Å²) >= 11 is 4.79. The lowest BCUT2D eigenvalue weighted by atomic mass is 10.1. The first kappa shape index (κ1) is 11.6. The minimum Gasteiger partial charge on any atom is -0.393 e. The van der Waals surface area contributed by atoms with Crippen LogP contribution in [0.15, 0.2) is 6.33 Å². The number of rotatable bonds is 5. The van der Waals surface area contributed by atoms with Crippen molar-refractivity contribution < 1.29 is 4.79 Å². The topological polar surface area (TPSA) is 96.7 Å². The average Bonchev–Trinajstić information content (AvgIpc) is 2.67. The van der Waals surface area contributed by atoms with E-state index in [-0.39, 0.29) is 10.9 Å². The predicted octanol–water partition coefficient (Wildman–Crippen LogP) is -0.267. The highest BCUT2D eigenvalue weighted by molar-refractivity contribution is 7.80. The smallest absolute Gasteiger partial charge is 0.230 e. The van der Waals surface area contributed by atoms with E-state index in [1.165, 1.54) is 6.33 Å². The zero-order chi connectivity index (χ0) is 11.3. The number of nitrogens with two attached hydrogens (primary N) is 1. The molecule has 0 aromatic carbocycles. The molecular formula is C8H13N5OS. The Labute approximate surface area is 92.6 Å². The standard InChI is InChI=1S/C8H13N5OS/c1-2-5(7(9)15)8(14)10-3-6-11-4-12-13-6/h4-5H,2-3H2,1H3,(H2,9,15)(H,10,14)(H,11,12,13). The zero-order valence-corrected chi connectivity index (χ0v) is 9.17. The molecule has 1 rings (SSSR count). The maximum atomic E-state index is 11.6. The van der Waals surface area contributed by atoms with E-state index in [1.807, 2.05) is 6.92 Å². The van der Waals surface area contributed by atoms with Crippen LogP contribution in [-0.2, 0) is 11.3 Å². The van der Waals surface area contributed by atoms with Gasteiger partial charge >= 0.3 is 0 Å². The molecule has 0 radical (unpaired) electrons. The van der Waals surface area contributed by atoms with Gasteiger partial charge in [0.1, 0.15) is 12.2 Å². The Hall–Kier alpha value is -1.50. The third-order valence-corrected chi connectivity index (χ3v) is 2.25. The van der Waals surface area contributed by atoms with Gasteiger partial charge in [-0.25, -0.2) is 4.98 Å². The number of nitrogens with one attached hydrogen (secondary N) is 2. The Morgan fingerprint density at radius 2 is 2.53 bits per heavy atom. The number of H-pyrrole nitrogens is 1. The van der Waals surface area contributed by atoms with Gasteiger partial charge < -0.3 is 11.1 Å². The first-order chi connectivity index (χ1) is 7.15. The molecule has 0 aliphatic rings. The van der Waals surface area contributed by atoms with Crippen LogP contribution in [0.2, 0.25) is 0 Å². The fraction of sp³-hybridized carbons (Fsp3) is 0.500. The Morgan fingerprint density at radius 3 is 3.00 bits per heavy atom. The average molecular weight is 227 g/mol. The van der Waals surface area contributed by atoms with Gasteiger partial charge in [0.15, 0.2) is 0 Å². The first-order valence-electron chi connectivity index (χ1n) is 4.56. The molecular weight excluding hydrogens is 214 g/mol. The van der Waals surface area contributed by atoms with Crippen molar-refractivity contribution in [3.63, 3.8) is 0 Å². The zero-order valence-electron chi connectivity index (χ0n) is 8.36. The lowest BCUT2D eigenvalue weighted by Crippen LogP contribution is -2.37. The van der Waals surface area contributed by atoms with Crippen molar-refractivity contribution in [3.05, 3.63) is 12.2 Å². The van der Waals surface area contributed by atoms with E-state index in [9.17, 15) is 4.79 Å². The summed E-state index contributed by atoms with van der Waals surface area (Å²) in [5.74, 6) is 0.00506. The molecule has 0 fully saturated rings. The molecule has 0 saturated heterocycles. The summed E-state index contributed by atoms with van der Waals surface area (Å²) in [5, 5.41) is 8.98. The third-order valence-electron chi connectivity index (χ3n) is 1.96. The molecule has 1 atom stereocenters. The molecule has 15 heavy (non-hydrogen) atoms. The Morgan fingerprint density at radius 1 is 1.80 bits per heavy atom. The van der Waals surface area contributed by atoms with E-state index in [0.717, 1.165) is 0 Å². The van der Waals surface area contributed by atoms with Gasteiger partial charge in [0.2, 0.25) is 5.91 Å². The van der Waals surface area contributed by atoms with Crippen LogP contribution in [-0.4, -0.2) is 26.1 Å². The van der Waals surface area contributed by atoms with Gasteiger partial charge in [-0.15, -0.1) is 0 Å². The summed E-state index contributed by atoms with van der Waals surface area (Å²) in [7, 11) is 0. The molecule has 4 N–H and O–H groups in total. The second kappa shape index (κ2) is 5.40. The number of nitrogens with zero attached hydrogens (tertiary/aromatic N) is 2. The maximum Gasteiger partial charge on any atom is 0.230 e. The van der Waals surface area contributed by atoms with E-state index in [2.05, 4.69) is 20.5 Å². The number of hydrogen-bond acceptors (Lipinski definition) is 4. The normalized spacial score (nSPS) is 12.1. The summed E-state index contributed by atoms with van der Waals surface area (Å²) in [6, 6.07) is 0. The van der Waals surface area contributed by atoms with E-state index in [4.69, 9.17) is 18.0 Å². The monoisotopic (exact) mass is 227 g/mol. The molecule has 1 unspecified atom stereocenters. The molecule has 1 aromatic heterocycles. The number of thiocarbonyl (C=S) groups is 1. The molecule has 1 amide bonds. The third kappa shape index (κ3) is 3.28. The van der Waals surface area contributed by atoms with Gasteiger partial charge in [-0.1, -0.05) is 19.1 Å². The summed E-state index contributed by atoms with van der Waals surface area (Å²) in [6.45, 7) is 2.16. The van der Waals surface area contributed by atoms with Crippen molar-refractivity contribution >= 4 is 23.1 Å². The van der Waals surface area contributed by atoms with Gasteiger partial charge in [0.05, 0.1) is 17.5 Å². The second-order valence-corrected chi connectivity index (χ2v) is 3.48. The van der Waals surface area contributed by atoms with E-state index in [0.29, 0.717) is 18.8 Å². The molecule has 7 heteroatoms. The predicted molar refractivity (Wildman–Crippen MR) is 58.8 cm³/mol. The largest absolute Gasteiger partial charge is 0.393 e. The van der Waals surface area contributed by atoms with Gasteiger partial charge in [0, 0.05) is 0 Å². The van der Waals surface area contributed by atoms with Gasteiger partial charge in [0.25, 0.3) is 0 Å². The fourth-order valence-corrected chi connectivity index (χ4v) is 1.40. The quantitative estimate of drug-likeness (QED) is 0.602. The molecule has 0 aliphatic carbocycles. The molecule has 1 heterocycles. The van der Waals surface area contributed by atoms with Crippen molar-refractivity contribution in [1.29, 1.82) is 0 Å². The Bertz CT molecular complexity index is 337. The minimum absolute atomic E-state index is 0.179. The van der Waals surface area contributed by atoms with Crippen molar-refractivity contribution in [2.45, 2.75) is 19.9 Å². The summed E-state index contributed by atoms with van der Waals surface area (Å²) < 4.78 is 0. The van der Waals surface area contributed by atoms with Crippen LogP contribution in [0.4, 0.5) is 0 Å². The number of carbonyl (C=O) groups is 1. The fourth-order valence-electron chi connectivity index (χ4n) is 1.13. The number of hydrogen-bond donors (Lipinski definition) is 3. The second-order valence-electron chi connectivity index (χ2n) is 3.01. The van der Waals surface area contributed by atoms with Crippen molar-refractivity contribution in [2.75, 3.05) is 0 Å². The number of carbonyl (C=O) groups excluding carboxylic acids is 1.